The molecule has 7 rings (SSSR count). The Balaban J connectivity index is 1.38. The van der Waals surface area contributed by atoms with Gasteiger partial charge in [-0.3, -0.25) is 9.55 Å². The molecule has 0 fully saturated rings. The number of benzene rings is 5. The number of pyridine rings is 1. The van der Waals surface area contributed by atoms with Gasteiger partial charge in [0, 0.05) is 28.2 Å². The van der Waals surface area contributed by atoms with Gasteiger partial charge < -0.3 is 0 Å². The average Bonchev–Trinajstić information content (AvgIpc) is 3.33. The van der Waals surface area contributed by atoms with Crippen LogP contribution in [0.5, 0.6) is 0 Å². The van der Waals surface area contributed by atoms with E-state index >= 15 is 0 Å². The lowest BCUT2D eigenvalue weighted by Gasteiger charge is -2.11. The van der Waals surface area contributed by atoms with Gasteiger partial charge in [-0.25, -0.2) is 4.98 Å². The molecule has 0 atom stereocenters. The Kier molecular flexibility index (Phi) is 4.46. The maximum atomic E-state index is 5.00. The summed E-state index contributed by atoms with van der Waals surface area (Å²) in [6.07, 6.45) is 1.86. The lowest BCUT2D eigenvalue weighted by atomic mass is 9.96. The molecular weight excluding hydrogens is 426 g/mol. The topological polar surface area (TPSA) is 30.7 Å². The van der Waals surface area contributed by atoms with Crippen LogP contribution in [-0.4, -0.2) is 14.5 Å². The van der Waals surface area contributed by atoms with Crippen molar-refractivity contribution in [2.75, 3.05) is 0 Å². The molecule has 0 N–H and O–H groups in total. The van der Waals surface area contributed by atoms with Gasteiger partial charge in [-0.1, -0.05) is 91.0 Å². The number of imidazole rings is 1. The van der Waals surface area contributed by atoms with Gasteiger partial charge in [-0.2, -0.15) is 0 Å². The molecule has 35 heavy (non-hydrogen) atoms. The Hall–Kier alpha value is -4.76. The molecule has 0 aliphatic heterocycles. The monoisotopic (exact) mass is 447 g/mol. The molecule has 3 nitrogen and oxygen atoms in total. The summed E-state index contributed by atoms with van der Waals surface area (Å²) >= 11 is 0. The summed E-state index contributed by atoms with van der Waals surface area (Å²) in [6, 6.07) is 42.4. The zero-order chi connectivity index (χ0) is 23.2. The van der Waals surface area contributed by atoms with E-state index in [1.807, 2.05) is 24.4 Å². The lowest BCUT2D eigenvalue weighted by Crippen LogP contribution is -1.97. The molecule has 0 saturated heterocycles. The fourth-order valence-corrected chi connectivity index (χ4v) is 5.01. The normalized spacial score (nSPS) is 11.4. The van der Waals surface area contributed by atoms with Crippen LogP contribution in [0.2, 0.25) is 0 Å². The fourth-order valence-electron chi connectivity index (χ4n) is 5.01. The number of fused-ring (bicyclic) bond motifs is 4. The highest BCUT2D eigenvalue weighted by molar-refractivity contribution is 6.10. The molecular formula is C32H21N3. The minimum absolute atomic E-state index is 0.942. The average molecular weight is 448 g/mol. The first-order valence-corrected chi connectivity index (χ1v) is 11.8. The Labute approximate surface area is 203 Å². The second kappa shape index (κ2) is 7.93. The van der Waals surface area contributed by atoms with E-state index < -0.39 is 0 Å². The highest BCUT2D eigenvalue weighted by atomic mass is 15.1. The summed E-state index contributed by atoms with van der Waals surface area (Å²) in [4.78, 5) is 9.65. The van der Waals surface area contributed by atoms with Crippen molar-refractivity contribution in [3.05, 3.63) is 128 Å². The first kappa shape index (κ1) is 19.7. The van der Waals surface area contributed by atoms with E-state index in [9.17, 15) is 0 Å². The second-order valence-electron chi connectivity index (χ2n) is 8.71. The highest BCUT2D eigenvalue weighted by Gasteiger charge is 2.14. The summed E-state index contributed by atoms with van der Waals surface area (Å²) in [5.74, 6) is 0.942. The van der Waals surface area contributed by atoms with Crippen LogP contribution in [0.1, 0.15) is 0 Å². The number of nitrogens with zero attached hydrogens (tertiary/aromatic N) is 3. The molecule has 164 valence electrons. The third-order valence-corrected chi connectivity index (χ3v) is 6.66. The van der Waals surface area contributed by atoms with Gasteiger partial charge in [0.2, 0.25) is 0 Å². The van der Waals surface area contributed by atoms with Gasteiger partial charge in [0.15, 0.2) is 0 Å². The van der Waals surface area contributed by atoms with E-state index in [0.717, 1.165) is 39.0 Å². The summed E-state index contributed by atoms with van der Waals surface area (Å²) in [5, 5.41) is 3.55. The molecule has 3 heteroatoms. The fraction of sp³-hybridized carbons (Fsp3) is 0. The smallest absolute Gasteiger partial charge is 0.145 e. The maximum Gasteiger partial charge on any atom is 0.145 e. The number of hydrogen-bond acceptors (Lipinski definition) is 2. The molecule has 2 heterocycles. The van der Waals surface area contributed by atoms with Gasteiger partial charge in [-0.05, 0) is 46.8 Å². The van der Waals surface area contributed by atoms with Crippen LogP contribution >= 0.6 is 0 Å². The number of para-hydroxylation sites is 3. The first-order chi connectivity index (χ1) is 17.4. The second-order valence-corrected chi connectivity index (χ2v) is 8.71. The van der Waals surface area contributed by atoms with Crippen molar-refractivity contribution in [1.82, 2.24) is 14.5 Å². The van der Waals surface area contributed by atoms with E-state index in [0.29, 0.717) is 0 Å². The number of rotatable bonds is 3. The van der Waals surface area contributed by atoms with Gasteiger partial charge in [0.1, 0.15) is 5.82 Å². The molecule has 0 aliphatic rings. The molecule has 7 aromatic rings. The Morgan fingerprint density at radius 3 is 2.23 bits per heavy atom. The molecule has 0 aliphatic carbocycles. The zero-order valence-electron chi connectivity index (χ0n) is 19.0. The van der Waals surface area contributed by atoms with Crippen LogP contribution in [0.15, 0.2) is 128 Å². The zero-order valence-corrected chi connectivity index (χ0v) is 19.0. The Bertz CT molecular complexity index is 1830. The summed E-state index contributed by atoms with van der Waals surface area (Å²) in [6.45, 7) is 0. The van der Waals surface area contributed by atoms with E-state index in [-0.39, 0.29) is 0 Å². The van der Waals surface area contributed by atoms with Crippen LogP contribution in [0.25, 0.3) is 60.9 Å². The molecule has 0 amide bonds. The highest BCUT2D eigenvalue weighted by Crippen LogP contribution is 2.34. The van der Waals surface area contributed by atoms with Crippen molar-refractivity contribution in [2.24, 2.45) is 0 Å². The quantitative estimate of drug-likeness (QED) is 0.256. The largest absolute Gasteiger partial charge is 0.292 e. The van der Waals surface area contributed by atoms with Crippen molar-refractivity contribution in [3.8, 4) is 28.2 Å². The third-order valence-electron chi connectivity index (χ3n) is 6.66. The van der Waals surface area contributed by atoms with E-state index in [1.165, 1.54) is 21.9 Å². The minimum atomic E-state index is 0.942. The van der Waals surface area contributed by atoms with E-state index in [1.54, 1.807) is 0 Å². The van der Waals surface area contributed by atoms with Gasteiger partial charge in [0.25, 0.3) is 0 Å². The van der Waals surface area contributed by atoms with Crippen LogP contribution in [-0.2, 0) is 0 Å². The summed E-state index contributed by atoms with van der Waals surface area (Å²) in [5.41, 5.74) is 7.71. The van der Waals surface area contributed by atoms with Crippen molar-refractivity contribution in [2.45, 2.75) is 0 Å². The molecule has 2 aromatic heterocycles. The summed E-state index contributed by atoms with van der Waals surface area (Å²) < 4.78 is 2.24. The molecule has 5 aromatic carbocycles. The van der Waals surface area contributed by atoms with Gasteiger partial charge in [0.05, 0.1) is 16.6 Å². The Morgan fingerprint density at radius 2 is 1.34 bits per heavy atom. The molecule has 0 bridgehead atoms. The lowest BCUT2D eigenvalue weighted by molar-refractivity contribution is 1.10. The van der Waals surface area contributed by atoms with E-state index in [4.69, 9.17) is 4.98 Å². The third kappa shape index (κ3) is 3.21. The van der Waals surface area contributed by atoms with E-state index in [2.05, 4.69) is 113 Å². The number of aromatic nitrogens is 3. The van der Waals surface area contributed by atoms with Crippen LogP contribution in [0.3, 0.4) is 0 Å². The molecule has 0 unspecified atom stereocenters. The molecule has 0 spiro atoms. The molecule has 0 radical (unpaired) electrons. The van der Waals surface area contributed by atoms with Crippen molar-refractivity contribution in [1.29, 1.82) is 0 Å². The van der Waals surface area contributed by atoms with Gasteiger partial charge in [-0.15, -0.1) is 0 Å². The van der Waals surface area contributed by atoms with Crippen LogP contribution in [0, 0.1) is 0 Å². The maximum absolute atomic E-state index is 5.00. The van der Waals surface area contributed by atoms with Crippen molar-refractivity contribution in [3.63, 3.8) is 0 Å². The van der Waals surface area contributed by atoms with Crippen molar-refractivity contribution >= 4 is 32.7 Å². The van der Waals surface area contributed by atoms with Crippen molar-refractivity contribution < 1.29 is 0 Å². The first-order valence-electron chi connectivity index (χ1n) is 11.8. The Morgan fingerprint density at radius 1 is 0.543 bits per heavy atom. The predicted octanol–water partition coefficient (Wildman–Crippen LogP) is 8.06. The number of hydrogen-bond donors (Lipinski definition) is 0. The summed E-state index contributed by atoms with van der Waals surface area (Å²) in [7, 11) is 0. The standard InChI is InChI=1S/C32H21N3/c1-2-9-25(10-3-1)35-30-14-5-4-13-29(30)34-32(35)24-17-15-22(16-18-24)26-11-6-12-28-27(26)20-19-23-8-7-21-33-31(23)28/h1-21H. The van der Waals surface area contributed by atoms with Crippen LogP contribution in [0.4, 0.5) is 0 Å². The SMILES string of the molecule is c1ccc(-n2c(-c3ccc(-c4cccc5c4ccc4cccnc45)cc3)nc3ccccc32)cc1. The minimum Gasteiger partial charge on any atom is -0.292 e. The van der Waals surface area contributed by atoms with Gasteiger partial charge >= 0.3 is 0 Å². The molecule has 0 saturated carbocycles. The van der Waals surface area contributed by atoms with Crippen LogP contribution < -0.4 is 0 Å². The predicted molar refractivity (Wildman–Crippen MR) is 145 cm³/mol.